The van der Waals surface area contributed by atoms with Gasteiger partial charge in [-0.15, -0.1) is 0 Å². The third-order valence-electron chi connectivity index (χ3n) is 2.65. The van der Waals surface area contributed by atoms with E-state index in [2.05, 4.69) is 18.3 Å². The van der Waals surface area contributed by atoms with Crippen molar-refractivity contribution in [3.63, 3.8) is 0 Å². The highest BCUT2D eigenvalue weighted by Gasteiger charge is 2.20. The molecule has 3 N–H and O–H groups in total. The van der Waals surface area contributed by atoms with E-state index in [4.69, 9.17) is 5.73 Å². The first-order chi connectivity index (χ1) is 6.27. The zero-order valence-electron chi connectivity index (χ0n) is 8.01. The molecule has 13 heavy (non-hydrogen) atoms. The van der Waals surface area contributed by atoms with Crippen molar-refractivity contribution >= 4 is 11.4 Å². The minimum absolute atomic E-state index is 0.876. The fourth-order valence-electron chi connectivity index (χ4n) is 1.42. The van der Waals surface area contributed by atoms with E-state index in [-0.39, 0.29) is 0 Å². The number of anilines is 2. The van der Waals surface area contributed by atoms with Gasteiger partial charge in [-0.3, -0.25) is 0 Å². The zero-order valence-corrected chi connectivity index (χ0v) is 8.01. The summed E-state index contributed by atoms with van der Waals surface area (Å²) in [7, 11) is 0. The molecule has 1 aromatic rings. The molecule has 0 radical (unpaired) electrons. The van der Waals surface area contributed by atoms with Crippen molar-refractivity contribution in [3.8, 4) is 0 Å². The first-order valence-electron chi connectivity index (χ1n) is 4.86. The third kappa shape index (κ3) is 1.94. The molecule has 0 heterocycles. The Balaban J connectivity index is 2.05. The minimum atomic E-state index is 0.876. The van der Waals surface area contributed by atoms with E-state index in [0.717, 1.165) is 18.2 Å². The number of nitrogens with one attached hydrogen (secondary N) is 1. The first kappa shape index (κ1) is 8.42. The molecule has 0 aliphatic heterocycles. The summed E-state index contributed by atoms with van der Waals surface area (Å²) in [4.78, 5) is 0. The molecule has 2 rings (SSSR count). The Morgan fingerprint density at radius 1 is 1.46 bits per heavy atom. The van der Waals surface area contributed by atoms with Crippen LogP contribution in [0.15, 0.2) is 18.2 Å². The first-order valence-corrected chi connectivity index (χ1v) is 4.86. The fourth-order valence-corrected chi connectivity index (χ4v) is 1.42. The van der Waals surface area contributed by atoms with Gasteiger partial charge in [0.15, 0.2) is 0 Å². The second kappa shape index (κ2) is 3.29. The van der Waals surface area contributed by atoms with E-state index in [1.54, 1.807) is 0 Å². The van der Waals surface area contributed by atoms with Crippen LogP contribution in [0.5, 0.6) is 0 Å². The maximum absolute atomic E-state index is 5.80. The van der Waals surface area contributed by atoms with Crippen molar-refractivity contribution in [2.45, 2.75) is 19.8 Å². The number of benzene rings is 1. The standard InChI is InChI=1S/C11H16N2/c1-8-10(12)3-2-4-11(8)13-7-9-5-6-9/h2-4,9,13H,5-7,12H2,1H3. The number of hydrogen-bond acceptors (Lipinski definition) is 2. The van der Waals surface area contributed by atoms with Gasteiger partial charge in [0.05, 0.1) is 0 Å². The molecule has 1 fully saturated rings. The smallest absolute Gasteiger partial charge is 0.0390 e. The molecule has 2 heteroatoms. The maximum atomic E-state index is 5.80. The molecule has 1 aliphatic rings. The lowest BCUT2D eigenvalue weighted by Gasteiger charge is -2.10. The summed E-state index contributed by atoms with van der Waals surface area (Å²) in [5.41, 5.74) is 9.03. The van der Waals surface area contributed by atoms with Crippen LogP contribution < -0.4 is 11.1 Å². The van der Waals surface area contributed by atoms with Crippen molar-refractivity contribution < 1.29 is 0 Å². The van der Waals surface area contributed by atoms with Gasteiger partial charge in [-0.1, -0.05) is 6.07 Å². The van der Waals surface area contributed by atoms with Crippen LogP contribution in [-0.2, 0) is 0 Å². The lowest BCUT2D eigenvalue weighted by atomic mass is 10.1. The highest BCUT2D eigenvalue weighted by Crippen LogP contribution is 2.30. The Morgan fingerprint density at radius 3 is 2.92 bits per heavy atom. The highest BCUT2D eigenvalue weighted by atomic mass is 14.9. The Labute approximate surface area is 79.1 Å². The van der Waals surface area contributed by atoms with Gasteiger partial charge in [0.1, 0.15) is 0 Å². The van der Waals surface area contributed by atoms with Gasteiger partial charge >= 0.3 is 0 Å². The second-order valence-corrected chi connectivity index (χ2v) is 3.84. The summed E-state index contributed by atoms with van der Waals surface area (Å²) in [5, 5.41) is 3.44. The lowest BCUT2D eigenvalue weighted by molar-refractivity contribution is 0.888. The number of hydrogen-bond donors (Lipinski definition) is 2. The second-order valence-electron chi connectivity index (χ2n) is 3.84. The molecule has 1 saturated carbocycles. The van der Waals surface area contributed by atoms with Gasteiger partial charge in [0.25, 0.3) is 0 Å². The molecule has 0 unspecified atom stereocenters. The third-order valence-corrected chi connectivity index (χ3v) is 2.65. The van der Waals surface area contributed by atoms with Gasteiger partial charge in [-0.2, -0.15) is 0 Å². The van der Waals surface area contributed by atoms with Crippen LogP contribution in [0.25, 0.3) is 0 Å². The molecule has 70 valence electrons. The summed E-state index contributed by atoms with van der Waals surface area (Å²) < 4.78 is 0. The van der Waals surface area contributed by atoms with E-state index in [9.17, 15) is 0 Å². The minimum Gasteiger partial charge on any atom is -0.398 e. The Kier molecular flexibility index (Phi) is 2.13. The molecule has 0 bridgehead atoms. The summed E-state index contributed by atoms with van der Waals surface area (Å²) in [6.07, 6.45) is 2.77. The molecule has 0 aromatic heterocycles. The molecular weight excluding hydrogens is 160 g/mol. The number of rotatable bonds is 3. The van der Waals surface area contributed by atoms with E-state index < -0.39 is 0 Å². The van der Waals surface area contributed by atoms with Crippen molar-refractivity contribution in [1.29, 1.82) is 0 Å². The molecule has 0 amide bonds. The van der Waals surface area contributed by atoms with E-state index in [0.29, 0.717) is 0 Å². The summed E-state index contributed by atoms with van der Waals surface area (Å²) in [6, 6.07) is 6.03. The van der Waals surface area contributed by atoms with Crippen molar-refractivity contribution in [2.24, 2.45) is 5.92 Å². The van der Waals surface area contributed by atoms with Crippen molar-refractivity contribution in [2.75, 3.05) is 17.6 Å². The predicted molar refractivity (Wildman–Crippen MR) is 56.8 cm³/mol. The Morgan fingerprint density at radius 2 is 2.23 bits per heavy atom. The van der Waals surface area contributed by atoms with Crippen molar-refractivity contribution in [1.82, 2.24) is 0 Å². The number of nitrogens with two attached hydrogens (primary N) is 1. The van der Waals surface area contributed by atoms with Gasteiger partial charge in [-0.25, -0.2) is 0 Å². The quantitative estimate of drug-likeness (QED) is 0.694. The monoisotopic (exact) mass is 176 g/mol. The average Bonchev–Trinajstić information content (AvgIpc) is 2.91. The van der Waals surface area contributed by atoms with Gasteiger partial charge in [0.2, 0.25) is 0 Å². The van der Waals surface area contributed by atoms with Crippen LogP contribution in [0.4, 0.5) is 11.4 Å². The van der Waals surface area contributed by atoms with Gasteiger partial charge in [-0.05, 0) is 43.4 Å². The predicted octanol–water partition coefficient (Wildman–Crippen LogP) is 2.40. The average molecular weight is 176 g/mol. The SMILES string of the molecule is Cc1c(N)cccc1NCC1CC1. The maximum Gasteiger partial charge on any atom is 0.0390 e. The Hall–Kier alpha value is -1.18. The lowest BCUT2D eigenvalue weighted by Crippen LogP contribution is -2.05. The van der Waals surface area contributed by atoms with Crippen LogP contribution in [0.3, 0.4) is 0 Å². The van der Waals surface area contributed by atoms with Gasteiger partial charge in [0, 0.05) is 17.9 Å². The summed E-state index contributed by atoms with van der Waals surface area (Å²) in [6.45, 7) is 3.16. The summed E-state index contributed by atoms with van der Waals surface area (Å²) >= 11 is 0. The fraction of sp³-hybridized carbons (Fsp3) is 0.455. The van der Waals surface area contributed by atoms with Gasteiger partial charge < -0.3 is 11.1 Å². The van der Waals surface area contributed by atoms with E-state index in [1.165, 1.54) is 24.1 Å². The van der Waals surface area contributed by atoms with Crippen molar-refractivity contribution in [3.05, 3.63) is 23.8 Å². The molecule has 0 saturated heterocycles. The van der Waals surface area contributed by atoms with Crippen LogP contribution in [0.1, 0.15) is 18.4 Å². The molecule has 2 nitrogen and oxygen atoms in total. The topological polar surface area (TPSA) is 38.0 Å². The molecular formula is C11H16N2. The zero-order chi connectivity index (χ0) is 9.26. The van der Waals surface area contributed by atoms with Crippen LogP contribution in [0, 0.1) is 12.8 Å². The molecule has 1 aromatic carbocycles. The van der Waals surface area contributed by atoms with Crippen LogP contribution in [0.2, 0.25) is 0 Å². The van der Waals surface area contributed by atoms with Crippen LogP contribution in [-0.4, -0.2) is 6.54 Å². The highest BCUT2D eigenvalue weighted by molar-refractivity contribution is 5.62. The Bertz CT molecular complexity index is 303. The molecule has 0 spiro atoms. The normalized spacial score (nSPS) is 15.8. The van der Waals surface area contributed by atoms with Crippen LogP contribution >= 0.6 is 0 Å². The molecule has 0 atom stereocenters. The molecule has 1 aliphatic carbocycles. The largest absolute Gasteiger partial charge is 0.398 e. The van der Waals surface area contributed by atoms with E-state index in [1.807, 2.05) is 12.1 Å². The summed E-state index contributed by atoms with van der Waals surface area (Å²) in [5.74, 6) is 0.904. The van der Waals surface area contributed by atoms with E-state index >= 15 is 0 Å². The number of nitrogen functional groups attached to an aromatic ring is 1.